The number of piperidine rings is 2. The van der Waals surface area contributed by atoms with E-state index in [1.54, 1.807) is 13.2 Å². The van der Waals surface area contributed by atoms with E-state index in [2.05, 4.69) is 9.80 Å². The van der Waals surface area contributed by atoms with E-state index >= 15 is 0 Å². The first-order valence-electron chi connectivity index (χ1n) is 11.8. The Morgan fingerprint density at radius 3 is 2.38 bits per heavy atom. The van der Waals surface area contributed by atoms with Crippen molar-refractivity contribution in [1.29, 1.82) is 0 Å². The Morgan fingerprint density at radius 1 is 1.06 bits per heavy atom. The van der Waals surface area contributed by atoms with Gasteiger partial charge in [0.2, 0.25) is 10.9 Å². The molecule has 2 atom stereocenters. The van der Waals surface area contributed by atoms with Gasteiger partial charge in [-0.2, -0.15) is 0 Å². The largest absolute Gasteiger partial charge is 0.496 e. The molecule has 172 valence electrons. The highest BCUT2D eigenvalue weighted by Crippen LogP contribution is 2.42. The first-order chi connectivity index (χ1) is 15.3. The second-order valence-electron chi connectivity index (χ2n) is 10.2. The van der Waals surface area contributed by atoms with Crippen LogP contribution in [0.25, 0.3) is 0 Å². The maximum atomic E-state index is 12.7. The Hall–Kier alpha value is -2.25. The molecule has 2 saturated heterocycles. The lowest BCUT2D eigenvalue weighted by Crippen LogP contribution is -2.51. The molecule has 0 aromatic heterocycles. The molecule has 1 N–H and O–H groups in total. The Bertz CT molecular complexity index is 1060. The molecule has 1 unspecified atom stereocenters. The van der Waals surface area contributed by atoms with Gasteiger partial charge in [0.1, 0.15) is 12.4 Å². The first-order valence-corrected chi connectivity index (χ1v) is 11.8. The normalized spacial score (nSPS) is 27.0. The lowest BCUT2D eigenvalue weighted by Gasteiger charge is -2.48. The molecule has 32 heavy (non-hydrogen) atoms. The van der Waals surface area contributed by atoms with Gasteiger partial charge in [0, 0.05) is 37.2 Å². The number of fused-ring (bicyclic) bond motifs is 1. The van der Waals surface area contributed by atoms with Crippen molar-refractivity contribution in [3.8, 4) is 0 Å². The number of anilines is 1. The molecule has 1 spiro atoms. The van der Waals surface area contributed by atoms with Gasteiger partial charge in [-0.3, -0.25) is 14.4 Å². The van der Waals surface area contributed by atoms with Crippen LogP contribution in [0.15, 0.2) is 32.6 Å². The van der Waals surface area contributed by atoms with E-state index < -0.39 is 12.0 Å². The van der Waals surface area contributed by atoms with E-state index in [-0.39, 0.29) is 22.1 Å². The van der Waals surface area contributed by atoms with Crippen molar-refractivity contribution in [3.05, 3.63) is 49.0 Å². The minimum atomic E-state index is -0.690. The molecule has 7 heteroatoms. The summed E-state index contributed by atoms with van der Waals surface area (Å²) in [7, 11) is 0. The third-order valence-corrected chi connectivity index (χ3v) is 8.50. The quantitative estimate of drug-likeness (QED) is 0.709. The molecule has 7 nitrogen and oxygen atoms in total. The summed E-state index contributed by atoms with van der Waals surface area (Å²) >= 11 is 0. The molecule has 0 amide bonds. The zero-order valence-corrected chi connectivity index (χ0v) is 19.0. The molecule has 0 bridgehead atoms. The predicted octanol–water partition coefficient (Wildman–Crippen LogP) is 1.45. The highest BCUT2D eigenvalue weighted by Gasteiger charge is 2.41. The maximum absolute atomic E-state index is 12.7. The highest BCUT2D eigenvalue weighted by molar-refractivity contribution is 5.90. The van der Waals surface area contributed by atoms with Crippen LogP contribution in [-0.2, 0) is 9.53 Å². The molecular weight excluding hydrogens is 408 g/mol. The number of Topliss-reactive ketones (excluding diaryl/α,β-unsaturated/α-hetero) is 1. The van der Waals surface area contributed by atoms with Crippen molar-refractivity contribution in [2.45, 2.75) is 52.1 Å². The van der Waals surface area contributed by atoms with Crippen molar-refractivity contribution in [2.75, 3.05) is 44.2 Å². The minimum absolute atomic E-state index is 0.0879. The molecule has 0 saturated carbocycles. The van der Waals surface area contributed by atoms with Gasteiger partial charge in [0.05, 0.1) is 24.0 Å². The fraction of sp³-hybridized carbons (Fsp3) is 0.640. The van der Waals surface area contributed by atoms with Crippen LogP contribution < -0.4 is 15.8 Å². The Labute approximate surface area is 188 Å². The van der Waals surface area contributed by atoms with E-state index in [0.29, 0.717) is 30.8 Å². The van der Waals surface area contributed by atoms with Gasteiger partial charge in [-0.1, -0.05) is 5.57 Å². The molecule has 2 fully saturated rings. The number of carbonyl (C=O) groups is 1. The van der Waals surface area contributed by atoms with Crippen LogP contribution in [0.1, 0.15) is 44.6 Å². The number of ketones is 1. The predicted molar refractivity (Wildman–Crippen MR) is 122 cm³/mol. The number of ether oxygens (including phenoxy) is 1. The summed E-state index contributed by atoms with van der Waals surface area (Å²) in [6, 6.07) is 0. The highest BCUT2D eigenvalue weighted by atomic mass is 16.5. The van der Waals surface area contributed by atoms with Crippen molar-refractivity contribution in [1.82, 2.24) is 4.90 Å². The molecular formula is C25H32N2O5. The van der Waals surface area contributed by atoms with Crippen LogP contribution in [0, 0.1) is 18.3 Å². The Morgan fingerprint density at radius 2 is 1.72 bits per heavy atom. The van der Waals surface area contributed by atoms with Gasteiger partial charge in [0.25, 0.3) is 0 Å². The van der Waals surface area contributed by atoms with Gasteiger partial charge in [-0.05, 0) is 63.6 Å². The monoisotopic (exact) mass is 440 g/mol. The van der Waals surface area contributed by atoms with E-state index in [9.17, 15) is 19.5 Å². The van der Waals surface area contributed by atoms with E-state index in [0.717, 1.165) is 68.6 Å². The first kappa shape index (κ1) is 21.6. The summed E-state index contributed by atoms with van der Waals surface area (Å²) in [6.07, 6.45) is 5.55. The van der Waals surface area contributed by atoms with E-state index in [4.69, 9.17) is 4.74 Å². The van der Waals surface area contributed by atoms with Crippen LogP contribution in [0.2, 0.25) is 0 Å². The number of nitrogens with zero attached hydrogens (tertiary/aromatic N) is 2. The van der Waals surface area contributed by atoms with Gasteiger partial charge >= 0.3 is 0 Å². The lowest BCUT2D eigenvalue weighted by molar-refractivity contribution is -0.125. The standard InChI is InChI=1S/C25H32N2O5/c1-15-18-14-32-13-17(18)11-19(28)21(15)20(29)12-26-7-3-25(4-8-26)5-9-27(10-6-25)22-16(2)23(30)24(22)31/h13,20-21,29H,3-12,14H2,1-2H3/t20-,21?/m0/s1. The number of hydrogen-bond donors (Lipinski definition) is 1. The van der Waals surface area contributed by atoms with Crippen molar-refractivity contribution in [2.24, 2.45) is 11.3 Å². The number of aliphatic hydroxyl groups excluding tert-OH is 1. The summed E-state index contributed by atoms with van der Waals surface area (Å²) in [5.74, 6) is -0.341. The lowest BCUT2D eigenvalue weighted by atomic mass is 9.71. The van der Waals surface area contributed by atoms with Crippen LogP contribution >= 0.6 is 0 Å². The number of β-amino-alcohol motifs (C(OH)–C–C–N with tert-alkyl or cyclic N) is 1. The zero-order chi connectivity index (χ0) is 22.6. The summed E-state index contributed by atoms with van der Waals surface area (Å²) in [4.78, 5) is 40.5. The van der Waals surface area contributed by atoms with Gasteiger partial charge in [0.15, 0.2) is 0 Å². The zero-order valence-electron chi connectivity index (χ0n) is 19.0. The fourth-order valence-electron chi connectivity index (χ4n) is 6.29. The molecule has 3 aliphatic heterocycles. The number of carbonyl (C=O) groups excluding carboxylic acids is 1. The topological polar surface area (TPSA) is 87.2 Å². The number of hydrogen-bond acceptors (Lipinski definition) is 7. The van der Waals surface area contributed by atoms with Gasteiger partial charge in [-0.25, -0.2) is 0 Å². The number of rotatable bonds is 4. The molecule has 5 rings (SSSR count). The summed E-state index contributed by atoms with van der Waals surface area (Å²) in [6.45, 7) is 8.23. The number of likely N-dealkylation sites (tertiary alicyclic amines) is 1. The van der Waals surface area contributed by atoms with Crippen molar-refractivity contribution < 1.29 is 14.6 Å². The fourth-order valence-corrected chi connectivity index (χ4v) is 6.29. The van der Waals surface area contributed by atoms with Crippen LogP contribution in [0.5, 0.6) is 0 Å². The number of aliphatic hydroxyl groups is 1. The average Bonchev–Trinajstić information content (AvgIpc) is 3.25. The molecule has 4 aliphatic rings. The molecule has 3 heterocycles. The molecule has 0 radical (unpaired) electrons. The Kier molecular flexibility index (Phi) is 5.37. The third-order valence-electron chi connectivity index (χ3n) is 8.50. The molecule has 1 aromatic carbocycles. The van der Waals surface area contributed by atoms with E-state index in [1.807, 2.05) is 6.92 Å². The molecule has 1 aromatic rings. The molecule has 1 aliphatic carbocycles. The summed E-state index contributed by atoms with van der Waals surface area (Å²) in [5, 5.41) is 11.0. The second-order valence-corrected chi connectivity index (χ2v) is 10.2. The van der Waals surface area contributed by atoms with Gasteiger partial charge < -0.3 is 19.6 Å². The maximum Gasteiger partial charge on any atom is 0.249 e. The van der Waals surface area contributed by atoms with Crippen molar-refractivity contribution in [3.63, 3.8) is 0 Å². The third kappa shape index (κ3) is 3.46. The minimum Gasteiger partial charge on any atom is -0.496 e. The summed E-state index contributed by atoms with van der Waals surface area (Å²) < 4.78 is 5.40. The van der Waals surface area contributed by atoms with Crippen LogP contribution in [0.4, 0.5) is 5.69 Å². The summed E-state index contributed by atoms with van der Waals surface area (Å²) in [5.41, 5.74) is 3.91. The smallest absolute Gasteiger partial charge is 0.249 e. The second kappa shape index (κ2) is 7.96. The van der Waals surface area contributed by atoms with Crippen LogP contribution in [-0.4, -0.2) is 61.2 Å². The van der Waals surface area contributed by atoms with E-state index in [1.165, 1.54) is 0 Å². The van der Waals surface area contributed by atoms with Gasteiger partial charge in [-0.15, -0.1) is 0 Å². The Balaban J connectivity index is 1.16. The van der Waals surface area contributed by atoms with Crippen LogP contribution in [0.3, 0.4) is 0 Å². The van der Waals surface area contributed by atoms with Crippen molar-refractivity contribution >= 4 is 11.5 Å². The SMILES string of the molecule is CC1=C2COC=C2CC(=O)C1[C@@H](O)CN1CCC2(CC1)CCN(c1c(C)c(=O)c1=O)CC2. The average molecular weight is 441 g/mol.